The second-order valence-corrected chi connectivity index (χ2v) is 7.03. The average molecular weight is 383 g/mol. The summed E-state index contributed by atoms with van der Waals surface area (Å²) in [4.78, 5) is 27.8. The molecule has 136 valence electrons. The van der Waals surface area contributed by atoms with Crippen molar-refractivity contribution >= 4 is 23.0 Å². The van der Waals surface area contributed by atoms with Crippen molar-refractivity contribution in [3.05, 3.63) is 93.5 Å². The minimum Gasteiger partial charge on any atom is -0.503 e. The van der Waals surface area contributed by atoms with Crippen molar-refractivity contribution in [3.63, 3.8) is 0 Å². The molecule has 1 aliphatic heterocycles. The maximum atomic E-state index is 13.2. The number of aliphatic hydroxyl groups is 1. The van der Waals surface area contributed by atoms with Gasteiger partial charge in [-0.2, -0.15) is 0 Å². The van der Waals surface area contributed by atoms with E-state index in [0.29, 0.717) is 5.56 Å². The first-order valence-corrected chi connectivity index (χ1v) is 9.04. The Morgan fingerprint density at radius 3 is 2.59 bits per heavy atom. The lowest BCUT2D eigenvalue weighted by Crippen LogP contribution is -2.30. The number of hydrogen-bond donors (Lipinski definition) is 1. The number of benzene rings is 1. The molecule has 27 heavy (non-hydrogen) atoms. The molecule has 0 fully saturated rings. The zero-order chi connectivity index (χ0) is 19.0. The SMILES string of the molecule is O=C(C1=C(O)C(=O)N(Cc2ccc(F)cc2)C1c1cccs1)c1ccco1. The minimum absolute atomic E-state index is 0.0143. The Bertz CT molecular complexity index is 1010. The van der Waals surface area contributed by atoms with Gasteiger partial charge >= 0.3 is 0 Å². The second kappa shape index (κ2) is 6.85. The fourth-order valence-electron chi connectivity index (χ4n) is 3.12. The molecule has 0 radical (unpaired) electrons. The first-order chi connectivity index (χ1) is 13.1. The smallest absolute Gasteiger partial charge is 0.290 e. The average Bonchev–Trinajstić information content (AvgIpc) is 3.41. The van der Waals surface area contributed by atoms with Crippen molar-refractivity contribution < 1.29 is 23.5 Å². The van der Waals surface area contributed by atoms with E-state index < -0.39 is 23.5 Å². The summed E-state index contributed by atoms with van der Waals surface area (Å²) in [6.07, 6.45) is 1.36. The van der Waals surface area contributed by atoms with Gasteiger partial charge in [-0.25, -0.2) is 4.39 Å². The van der Waals surface area contributed by atoms with Gasteiger partial charge in [-0.1, -0.05) is 18.2 Å². The summed E-state index contributed by atoms with van der Waals surface area (Å²) in [6.45, 7) is 0.126. The Balaban J connectivity index is 1.75. The number of Topliss-reactive ketones (excluding diaryl/α,β-unsaturated/α-hetero) is 1. The molecule has 1 aromatic carbocycles. The normalized spacial score (nSPS) is 17.0. The van der Waals surface area contributed by atoms with Crippen LogP contribution < -0.4 is 0 Å². The zero-order valence-electron chi connectivity index (χ0n) is 14.0. The number of hydrogen-bond acceptors (Lipinski definition) is 5. The van der Waals surface area contributed by atoms with Crippen LogP contribution in [0.3, 0.4) is 0 Å². The first-order valence-electron chi connectivity index (χ1n) is 8.16. The minimum atomic E-state index is -0.736. The molecule has 0 saturated heterocycles. The highest BCUT2D eigenvalue weighted by molar-refractivity contribution is 7.10. The number of halogens is 1. The van der Waals surface area contributed by atoms with Crippen LogP contribution in [-0.4, -0.2) is 21.7 Å². The van der Waals surface area contributed by atoms with Gasteiger partial charge in [0, 0.05) is 11.4 Å². The number of ketones is 1. The number of aliphatic hydroxyl groups excluding tert-OH is 1. The van der Waals surface area contributed by atoms with Crippen molar-refractivity contribution in [1.29, 1.82) is 0 Å². The number of carbonyl (C=O) groups excluding carboxylic acids is 2. The molecule has 1 unspecified atom stereocenters. The van der Waals surface area contributed by atoms with Crippen molar-refractivity contribution in [2.75, 3.05) is 0 Å². The molecular formula is C20H14FNO4S. The predicted molar refractivity (Wildman–Crippen MR) is 96.7 cm³/mol. The lowest BCUT2D eigenvalue weighted by molar-refractivity contribution is -0.130. The van der Waals surface area contributed by atoms with E-state index in [4.69, 9.17) is 4.42 Å². The fraction of sp³-hybridized carbons (Fsp3) is 0.100. The highest BCUT2D eigenvalue weighted by atomic mass is 32.1. The highest BCUT2D eigenvalue weighted by Gasteiger charge is 2.44. The van der Waals surface area contributed by atoms with Crippen LogP contribution in [0.15, 0.2) is 75.9 Å². The molecule has 3 aromatic rings. The topological polar surface area (TPSA) is 70.8 Å². The van der Waals surface area contributed by atoms with E-state index in [1.165, 1.54) is 40.7 Å². The van der Waals surface area contributed by atoms with E-state index in [0.717, 1.165) is 4.88 Å². The van der Waals surface area contributed by atoms with E-state index in [2.05, 4.69) is 0 Å². The van der Waals surface area contributed by atoms with E-state index in [-0.39, 0.29) is 23.7 Å². The van der Waals surface area contributed by atoms with Gasteiger partial charge in [0.2, 0.25) is 5.78 Å². The Kier molecular flexibility index (Phi) is 4.37. The maximum absolute atomic E-state index is 13.2. The van der Waals surface area contributed by atoms with Gasteiger partial charge in [0.25, 0.3) is 5.91 Å². The summed E-state index contributed by atoms with van der Waals surface area (Å²) in [5.74, 6) is -2.10. The van der Waals surface area contributed by atoms with Crippen LogP contribution in [-0.2, 0) is 11.3 Å². The van der Waals surface area contributed by atoms with Gasteiger partial charge in [0.15, 0.2) is 11.5 Å². The number of carbonyl (C=O) groups is 2. The summed E-state index contributed by atoms with van der Waals surface area (Å²) < 4.78 is 18.3. The number of nitrogens with zero attached hydrogens (tertiary/aromatic N) is 1. The molecule has 1 N–H and O–H groups in total. The third-order valence-corrected chi connectivity index (χ3v) is 5.30. The van der Waals surface area contributed by atoms with E-state index in [1.807, 2.05) is 11.4 Å². The summed E-state index contributed by atoms with van der Waals surface area (Å²) in [7, 11) is 0. The largest absolute Gasteiger partial charge is 0.503 e. The molecule has 0 spiro atoms. The summed E-state index contributed by atoms with van der Waals surface area (Å²) in [6, 6.07) is 11.7. The summed E-state index contributed by atoms with van der Waals surface area (Å²) in [5.41, 5.74) is 0.672. The third-order valence-electron chi connectivity index (χ3n) is 4.37. The van der Waals surface area contributed by atoms with Crippen LogP contribution in [0.2, 0.25) is 0 Å². The summed E-state index contributed by atoms with van der Waals surface area (Å²) in [5, 5.41) is 12.3. The molecule has 2 aromatic heterocycles. The molecule has 1 amide bonds. The Morgan fingerprint density at radius 2 is 1.96 bits per heavy atom. The predicted octanol–water partition coefficient (Wildman–Crippen LogP) is 4.26. The summed E-state index contributed by atoms with van der Waals surface area (Å²) >= 11 is 1.38. The van der Waals surface area contributed by atoms with Gasteiger partial charge in [-0.15, -0.1) is 11.3 Å². The van der Waals surface area contributed by atoms with Gasteiger partial charge in [-0.05, 0) is 41.3 Å². The molecule has 1 aliphatic rings. The zero-order valence-corrected chi connectivity index (χ0v) is 14.8. The Labute approximate surface area is 158 Å². The lowest BCUT2D eigenvalue weighted by Gasteiger charge is -2.25. The Morgan fingerprint density at radius 1 is 1.19 bits per heavy atom. The molecule has 7 heteroatoms. The molecule has 3 heterocycles. The standard InChI is InChI=1S/C20H14FNO4S/c21-13-7-5-12(6-8-13)11-22-17(15-4-2-10-27-15)16(19(24)20(22)25)18(23)14-3-1-9-26-14/h1-10,17,24H,11H2. The number of amides is 1. The van der Waals surface area contributed by atoms with E-state index in [1.54, 1.807) is 24.3 Å². The fourth-order valence-corrected chi connectivity index (χ4v) is 3.96. The number of rotatable bonds is 5. The lowest BCUT2D eigenvalue weighted by atomic mass is 10.00. The molecule has 0 saturated carbocycles. The van der Waals surface area contributed by atoms with Crippen molar-refractivity contribution in [1.82, 2.24) is 4.90 Å². The third kappa shape index (κ3) is 3.06. The van der Waals surface area contributed by atoms with Crippen molar-refractivity contribution in [2.45, 2.75) is 12.6 Å². The van der Waals surface area contributed by atoms with Gasteiger partial charge in [0.1, 0.15) is 11.9 Å². The first kappa shape index (κ1) is 17.2. The molecular weight excluding hydrogens is 369 g/mol. The van der Waals surface area contributed by atoms with Crippen LogP contribution in [0.25, 0.3) is 0 Å². The highest BCUT2D eigenvalue weighted by Crippen LogP contribution is 2.41. The molecule has 1 atom stereocenters. The van der Waals surface area contributed by atoms with Crippen LogP contribution in [0, 0.1) is 5.82 Å². The van der Waals surface area contributed by atoms with E-state index >= 15 is 0 Å². The maximum Gasteiger partial charge on any atom is 0.290 e. The van der Waals surface area contributed by atoms with E-state index in [9.17, 15) is 19.1 Å². The van der Waals surface area contributed by atoms with Gasteiger partial charge in [-0.3, -0.25) is 9.59 Å². The van der Waals surface area contributed by atoms with Crippen molar-refractivity contribution in [2.24, 2.45) is 0 Å². The van der Waals surface area contributed by atoms with Crippen LogP contribution in [0.5, 0.6) is 0 Å². The number of thiophene rings is 1. The quantitative estimate of drug-likeness (QED) is 0.669. The second-order valence-electron chi connectivity index (χ2n) is 6.05. The molecule has 0 bridgehead atoms. The number of furan rings is 1. The van der Waals surface area contributed by atoms with Crippen LogP contribution in [0.1, 0.15) is 27.0 Å². The molecule has 4 rings (SSSR count). The van der Waals surface area contributed by atoms with Crippen LogP contribution >= 0.6 is 11.3 Å². The van der Waals surface area contributed by atoms with Gasteiger partial charge < -0.3 is 14.4 Å². The monoisotopic (exact) mass is 383 g/mol. The van der Waals surface area contributed by atoms with Crippen LogP contribution in [0.4, 0.5) is 4.39 Å². The molecule has 0 aliphatic carbocycles. The van der Waals surface area contributed by atoms with Gasteiger partial charge in [0.05, 0.1) is 11.8 Å². The van der Waals surface area contributed by atoms with Crippen molar-refractivity contribution in [3.8, 4) is 0 Å². The Hall–Kier alpha value is -3.19. The molecule has 5 nitrogen and oxygen atoms in total.